The summed E-state index contributed by atoms with van der Waals surface area (Å²) in [5.74, 6) is -0.137. The molecule has 3 aromatic rings. The molecule has 1 amide bonds. The van der Waals surface area contributed by atoms with Crippen LogP contribution in [-0.2, 0) is 11.3 Å². The van der Waals surface area contributed by atoms with Gasteiger partial charge in [-0.3, -0.25) is 14.2 Å². The number of anilines is 2. The number of nitrogen functional groups attached to an aromatic ring is 1. The van der Waals surface area contributed by atoms with Gasteiger partial charge in [-0.25, -0.2) is 0 Å². The molecule has 29 heavy (non-hydrogen) atoms. The predicted octanol–water partition coefficient (Wildman–Crippen LogP) is 5.15. The molecule has 6 nitrogen and oxygen atoms in total. The summed E-state index contributed by atoms with van der Waals surface area (Å²) in [6.45, 7) is 0.504. The molecular weight excluding hydrogens is 431 g/mol. The highest BCUT2D eigenvalue weighted by Crippen LogP contribution is 2.31. The molecule has 0 radical (unpaired) electrons. The van der Waals surface area contributed by atoms with E-state index in [0.29, 0.717) is 45.3 Å². The van der Waals surface area contributed by atoms with Crippen molar-refractivity contribution >= 4 is 63.6 Å². The molecule has 1 aromatic heterocycles. The SMILES string of the molecule is Nc1c(Cl)cc(NC(=O)CCCCCn2c(=S)[nH]c3ccccc3c2=O)cc1Cl. The molecule has 0 saturated heterocycles. The van der Waals surface area contributed by atoms with Crippen LogP contribution in [0.2, 0.25) is 10.0 Å². The second kappa shape index (κ2) is 9.43. The lowest BCUT2D eigenvalue weighted by atomic mass is 10.1. The number of hydrogen-bond acceptors (Lipinski definition) is 4. The summed E-state index contributed by atoms with van der Waals surface area (Å²) >= 11 is 17.2. The first-order valence-corrected chi connectivity index (χ1v) is 10.3. The summed E-state index contributed by atoms with van der Waals surface area (Å²) in [6, 6.07) is 10.4. The number of fused-ring (bicyclic) bond motifs is 1. The van der Waals surface area contributed by atoms with E-state index in [-0.39, 0.29) is 17.2 Å². The van der Waals surface area contributed by atoms with Gasteiger partial charge in [-0.15, -0.1) is 0 Å². The van der Waals surface area contributed by atoms with E-state index in [0.717, 1.165) is 18.4 Å². The molecule has 0 aliphatic heterocycles. The molecule has 2 aromatic carbocycles. The van der Waals surface area contributed by atoms with Crippen LogP contribution in [0.25, 0.3) is 10.9 Å². The fourth-order valence-electron chi connectivity index (χ4n) is 3.01. The Bertz CT molecular complexity index is 1150. The third kappa shape index (κ3) is 5.18. The third-order valence-electron chi connectivity index (χ3n) is 4.54. The molecule has 0 saturated carbocycles. The Labute approximate surface area is 182 Å². The molecule has 0 unspecified atom stereocenters. The first-order chi connectivity index (χ1) is 13.9. The number of nitrogens with one attached hydrogen (secondary N) is 2. The van der Waals surface area contributed by atoms with Crippen molar-refractivity contribution in [2.24, 2.45) is 0 Å². The maximum atomic E-state index is 12.6. The van der Waals surface area contributed by atoms with Crippen LogP contribution in [-0.4, -0.2) is 15.5 Å². The molecule has 1 heterocycles. The molecule has 0 spiro atoms. The van der Waals surface area contributed by atoms with Crippen molar-refractivity contribution in [3.05, 3.63) is 61.6 Å². The van der Waals surface area contributed by atoms with Gasteiger partial charge in [0.1, 0.15) is 0 Å². The molecule has 0 bridgehead atoms. The van der Waals surface area contributed by atoms with Gasteiger partial charge in [-0.1, -0.05) is 41.8 Å². The number of nitrogens with zero attached hydrogens (tertiary/aromatic N) is 1. The zero-order valence-electron chi connectivity index (χ0n) is 15.5. The lowest BCUT2D eigenvalue weighted by Crippen LogP contribution is -2.22. The Hall–Kier alpha value is -2.35. The van der Waals surface area contributed by atoms with Gasteiger partial charge in [-0.2, -0.15) is 0 Å². The predicted molar refractivity (Wildman–Crippen MR) is 121 cm³/mol. The Kier molecular flexibility index (Phi) is 6.95. The van der Waals surface area contributed by atoms with Crippen molar-refractivity contribution < 1.29 is 4.79 Å². The highest BCUT2D eigenvalue weighted by molar-refractivity contribution is 7.71. The van der Waals surface area contributed by atoms with Crippen LogP contribution in [0.15, 0.2) is 41.2 Å². The highest BCUT2D eigenvalue weighted by atomic mass is 35.5. The smallest absolute Gasteiger partial charge is 0.262 e. The third-order valence-corrected chi connectivity index (χ3v) is 5.49. The van der Waals surface area contributed by atoms with Crippen molar-refractivity contribution in [2.75, 3.05) is 11.1 Å². The maximum absolute atomic E-state index is 12.6. The van der Waals surface area contributed by atoms with E-state index in [4.69, 9.17) is 41.2 Å². The van der Waals surface area contributed by atoms with Crippen LogP contribution in [0, 0.1) is 4.77 Å². The van der Waals surface area contributed by atoms with E-state index >= 15 is 0 Å². The minimum Gasteiger partial charge on any atom is -0.396 e. The van der Waals surface area contributed by atoms with Crippen LogP contribution in [0.4, 0.5) is 11.4 Å². The van der Waals surface area contributed by atoms with Crippen LogP contribution in [0.1, 0.15) is 25.7 Å². The second-order valence-corrected chi connectivity index (χ2v) is 7.85. The Morgan fingerprint density at radius 3 is 2.55 bits per heavy atom. The average molecular weight is 451 g/mol. The average Bonchev–Trinajstić information content (AvgIpc) is 2.68. The number of nitrogens with two attached hydrogens (primary N) is 1. The number of aromatic amines is 1. The number of hydrogen-bond donors (Lipinski definition) is 3. The van der Waals surface area contributed by atoms with Crippen LogP contribution in [0.3, 0.4) is 0 Å². The van der Waals surface area contributed by atoms with E-state index in [1.54, 1.807) is 22.8 Å². The maximum Gasteiger partial charge on any atom is 0.262 e. The molecule has 0 aliphatic carbocycles. The summed E-state index contributed by atoms with van der Waals surface area (Å²) in [7, 11) is 0. The van der Waals surface area contributed by atoms with E-state index in [1.807, 2.05) is 18.2 Å². The van der Waals surface area contributed by atoms with E-state index in [1.165, 1.54) is 0 Å². The molecule has 3 rings (SSSR count). The largest absolute Gasteiger partial charge is 0.396 e. The van der Waals surface area contributed by atoms with Crippen molar-refractivity contribution in [2.45, 2.75) is 32.2 Å². The lowest BCUT2D eigenvalue weighted by Gasteiger charge is -2.09. The summed E-state index contributed by atoms with van der Waals surface area (Å²) in [5.41, 5.74) is 7.11. The minimum absolute atomic E-state index is 0.0980. The molecule has 0 atom stereocenters. The standard InChI is InChI=1S/C20H20Cl2N4O2S/c21-14-10-12(11-15(22)18(14)23)24-17(27)8-2-1-5-9-26-19(28)13-6-3-4-7-16(13)25-20(26)29/h3-4,6-7,10-11H,1-2,5,8-9,23H2,(H,24,27)(H,25,29). The quantitative estimate of drug-likeness (QED) is 0.263. The van der Waals surface area contributed by atoms with Crippen LogP contribution >= 0.6 is 35.4 Å². The molecule has 9 heteroatoms. The number of unbranched alkanes of at least 4 members (excludes halogenated alkanes) is 2. The summed E-state index contributed by atoms with van der Waals surface area (Å²) in [5, 5.41) is 3.96. The van der Waals surface area contributed by atoms with Crippen LogP contribution in [0.5, 0.6) is 0 Å². The summed E-state index contributed by atoms with van der Waals surface area (Å²) in [6.07, 6.45) is 2.55. The molecule has 4 N–H and O–H groups in total. The molecule has 152 valence electrons. The number of benzene rings is 2. The number of carbonyl (C=O) groups is 1. The monoisotopic (exact) mass is 450 g/mol. The van der Waals surface area contributed by atoms with Gasteiger partial charge in [-0.05, 0) is 49.3 Å². The number of rotatable bonds is 7. The fraction of sp³-hybridized carbons (Fsp3) is 0.250. The van der Waals surface area contributed by atoms with E-state index in [9.17, 15) is 9.59 Å². The van der Waals surface area contributed by atoms with Gasteiger partial charge in [0.05, 0.1) is 26.6 Å². The number of amides is 1. The van der Waals surface area contributed by atoms with Crippen molar-refractivity contribution in [1.82, 2.24) is 9.55 Å². The Balaban J connectivity index is 1.50. The molecule has 0 fully saturated rings. The van der Waals surface area contributed by atoms with Crippen molar-refractivity contribution in [1.29, 1.82) is 0 Å². The van der Waals surface area contributed by atoms with Gasteiger partial charge in [0, 0.05) is 18.7 Å². The first kappa shape index (κ1) is 21.4. The zero-order chi connectivity index (χ0) is 21.0. The molecule has 0 aliphatic rings. The lowest BCUT2D eigenvalue weighted by molar-refractivity contribution is -0.116. The number of H-pyrrole nitrogens is 1. The van der Waals surface area contributed by atoms with Crippen molar-refractivity contribution in [3.63, 3.8) is 0 Å². The highest BCUT2D eigenvalue weighted by Gasteiger charge is 2.09. The van der Waals surface area contributed by atoms with E-state index in [2.05, 4.69) is 10.3 Å². The Morgan fingerprint density at radius 2 is 1.83 bits per heavy atom. The summed E-state index contributed by atoms with van der Waals surface area (Å²) < 4.78 is 1.97. The van der Waals surface area contributed by atoms with Crippen LogP contribution < -0.4 is 16.6 Å². The number of aromatic nitrogens is 2. The zero-order valence-corrected chi connectivity index (χ0v) is 17.8. The fourth-order valence-corrected chi connectivity index (χ4v) is 3.79. The number of carbonyl (C=O) groups excluding carboxylic acids is 1. The van der Waals surface area contributed by atoms with Gasteiger partial charge in [0.2, 0.25) is 5.91 Å². The topological polar surface area (TPSA) is 92.9 Å². The van der Waals surface area contributed by atoms with Crippen molar-refractivity contribution in [3.8, 4) is 0 Å². The molecular formula is C20H20Cl2N4O2S. The van der Waals surface area contributed by atoms with Gasteiger partial charge >= 0.3 is 0 Å². The van der Waals surface area contributed by atoms with E-state index < -0.39 is 0 Å². The van der Waals surface area contributed by atoms with Gasteiger partial charge < -0.3 is 16.0 Å². The normalized spacial score (nSPS) is 11.0. The summed E-state index contributed by atoms with van der Waals surface area (Å²) in [4.78, 5) is 27.8. The minimum atomic E-state index is -0.137. The second-order valence-electron chi connectivity index (χ2n) is 6.64. The first-order valence-electron chi connectivity index (χ1n) is 9.13. The Morgan fingerprint density at radius 1 is 1.14 bits per heavy atom. The van der Waals surface area contributed by atoms with Gasteiger partial charge in [0.25, 0.3) is 5.56 Å². The number of para-hydroxylation sites is 1. The van der Waals surface area contributed by atoms with Gasteiger partial charge in [0.15, 0.2) is 4.77 Å². The number of halogens is 2.